The molecular formula is C13H21N3O2. The summed E-state index contributed by atoms with van der Waals surface area (Å²) in [4.78, 5) is 25.6. The lowest BCUT2D eigenvalue weighted by Gasteiger charge is -2.33. The highest BCUT2D eigenvalue weighted by Gasteiger charge is 2.51. The van der Waals surface area contributed by atoms with E-state index in [1.165, 1.54) is 4.90 Å². The van der Waals surface area contributed by atoms with Crippen LogP contribution >= 0.6 is 0 Å². The van der Waals surface area contributed by atoms with Crippen molar-refractivity contribution in [3.63, 3.8) is 0 Å². The fraction of sp³-hybridized carbons (Fsp3) is 0.692. The molecule has 2 fully saturated rings. The predicted molar refractivity (Wildman–Crippen MR) is 68.8 cm³/mol. The zero-order valence-electron chi connectivity index (χ0n) is 10.9. The Balaban J connectivity index is 2.11. The van der Waals surface area contributed by atoms with Crippen molar-refractivity contribution in [3.05, 3.63) is 12.2 Å². The highest BCUT2D eigenvalue weighted by Crippen LogP contribution is 2.36. The Kier molecular flexibility index (Phi) is 3.43. The molecule has 1 aliphatic carbocycles. The van der Waals surface area contributed by atoms with E-state index in [1.54, 1.807) is 0 Å². The Morgan fingerprint density at radius 1 is 1.50 bits per heavy atom. The van der Waals surface area contributed by atoms with Crippen LogP contribution in [-0.2, 0) is 4.79 Å². The Labute approximate surface area is 107 Å². The van der Waals surface area contributed by atoms with Gasteiger partial charge in [-0.3, -0.25) is 9.69 Å². The Bertz CT molecular complexity index is 384. The molecule has 0 aromatic heterocycles. The molecule has 1 heterocycles. The van der Waals surface area contributed by atoms with Crippen LogP contribution in [0.2, 0.25) is 0 Å². The quantitative estimate of drug-likeness (QED) is 0.580. The lowest BCUT2D eigenvalue weighted by atomic mass is 9.77. The van der Waals surface area contributed by atoms with Gasteiger partial charge in [-0.05, 0) is 37.2 Å². The molecule has 3 amide bonds. The smallest absolute Gasteiger partial charge is 0.325 e. The molecule has 0 radical (unpaired) electrons. The molecule has 0 aromatic carbocycles. The highest BCUT2D eigenvalue weighted by atomic mass is 16.2. The summed E-state index contributed by atoms with van der Waals surface area (Å²) in [6, 6.07) is -0.302. The molecule has 1 aliphatic heterocycles. The minimum atomic E-state index is -0.654. The number of carbonyl (C=O) groups excluding carboxylic acids is 2. The summed E-state index contributed by atoms with van der Waals surface area (Å²) in [7, 11) is 0. The van der Waals surface area contributed by atoms with Gasteiger partial charge in [-0.1, -0.05) is 13.5 Å². The molecule has 5 heteroatoms. The number of rotatable bonds is 3. The topological polar surface area (TPSA) is 75.4 Å². The van der Waals surface area contributed by atoms with Crippen LogP contribution in [0, 0.1) is 5.92 Å². The van der Waals surface area contributed by atoms with Crippen molar-refractivity contribution in [2.45, 2.75) is 38.1 Å². The third kappa shape index (κ3) is 2.14. The molecule has 18 heavy (non-hydrogen) atoms. The van der Waals surface area contributed by atoms with Gasteiger partial charge in [-0.15, -0.1) is 0 Å². The first-order valence-corrected chi connectivity index (χ1v) is 6.49. The minimum Gasteiger partial charge on any atom is -0.327 e. The van der Waals surface area contributed by atoms with E-state index in [0.29, 0.717) is 18.0 Å². The normalized spacial score (nSPS) is 31.9. The van der Waals surface area contributed by atoms with Crippen molar-refractivity contribution in [1.82, 2.24) is 10.2 Å². The second-order valence-corrected chi connectivity index (χ2v) is 5.54. The lowest BCUT2D eigenvalue weighted by Crippen LogP contribution is -2.49. The monoisotopic (exact) mass is 251 g/mol. The van der Waals surface area contributed by atoms with Crippen LogP contribution < -0.4 is 11.1 Å². The van der Waals surface area contributed by atoms with E-state index in [1.807, 2.05) is 0 Å². The molecule has 1 spiro atoms. The summed E-state index contributed by atoms with van der Waals surface area (Å²) in [6.45, 7) is 6.46. The van der Waals surface area contributed by atoms with Gasteiger partial charge in [-0.25, -0.2) is 4.79 Å². The third-order valence-electron chi connectivity index (χ3n) is 4.04. The molecule has 0 unspecified atom stereocenters. The van der Waals surface area contributed by atoms with Gasteiger partial charge in [-0.2, -0.15) is 0 Å². The summed E-state index contributed by atoms with van der Waals surface area (Å²) in [6.07, 6.45) is 3.45. The van der Waals surface area contributed by atoms with E-state index >= 15 is 0 Å². The van der Waals surface area contributed by atoms with Crippen LogP contribution in [-0.4, -0.2) is 35.5 Å². The van der Waals surface area contributed by atoms with Gasteiger partial charge in [0.05, 0.1) is 6.54 Å². The van der Waals surface area contributed by atoms with Gasteiger partial charge in [0.2, 0.25) is 0 Å². The zero-order chi connectivity index (χ0) is 13.3. The summed E-state index contributed by atoms with van der Waals surface area (Å²) in [5, 5.41) is 2.87. The second kappa shape index (κ2) is 4.72. The number of hydrogen-bond acceptors (Lipinski definition) is 3. The first-order valence-electron chi connectivity index (χ1n) is 6.49. The van der Waals surface area contributed by atoms with Crippen LogP contribution in [0.25, 0.3) is 0 Å². The average molecular weight is 251 g/mol. The molecule has 0 bridgehead atoms. The Hall–Kier alpha value is -1.36. The number of nitrogens with zero attached hydrogens (tertiary/aromatic N) is 1. The summed E-state index contributed by atoms with van der Waals surface area (Å²) in [5.41, 5.74) is 5.50. The number of hydrogen-bond donors (Lipinski definition) is 2. The molecule has 5 nitrogen and oxygen atoms in total. The molecule has 2 aliphatic rings. The van der Waals surface area contributed by atoms with E-state index in [0.717, 1.165) is 25.7 Å². The maximum Gasteiger partial charge on any atom is 0.325 e. The van der Waals surface area contributed by atoms with Gasteiger partial charge in [0.25, 0.3) is 5.91 Å². The zero-order valence-corrected chi connectivity index (χ0v) is 10.9. The summed E-state index contributed by atoms with van der Waals surface area (Å²) in [5.74, 6) is 0.530. The van der Waals surface area contributed by atoms with E-state index in [9.17, 15) is 9.59 Å². The van der Waals surface area contributed by atoms with Crippen LogP contribution in [0.15, 0.2) is 12.2 Å². The lowest BCUT2D eigenvalue weighted by molar-refractivity contribution is -0.132. The SMILES string of the molecule is C=C(CN)CN1C(=O)NC2(CCC(C)CC2)C1=O. The van der Waals surface area contributed by atoms with Gasteiger partial charge in [0.1, 0.15) is 5.54 Å². The third-order valence-corrected chi connectivity index (χ3v) is 4.04. The molecule has 1 saturated heterocycles. The van der Waals surface area contributed by atoms with Crippen molar-refractivity contribution in [1.29, 1.82) is 0 Å². The summed E-state index contributed by atoms with van der Waals surface area (Å²) < 4.78 is 0. The van der Waals surface area contributed by atoms with Crippen LogP contribution in [0.3, 0.4) is 0 Å². The Morgan fingerprint density at radius 2 is 2.11 bits per heavy atom. The van der Waals surface area contributed by atoms with E-state index < -0.39 is 5.54 Å². The number of nitrogens with one attached hydrogen (secondary N) is 1. The van der Waals surface area contributed by atoms with Gasteiger partial charge in [0, 0.05) is 6.54 Å². The van der Waals surface area contributed by atoms with Crippen LogP contribution in [0.5, 0.6) is 0 Å². The maximum atomic E-state index is 12.4. The van der Waals surface area contributed by atoms with Crippen LogP contribution in [0.1, 0.15) is 32.6 Å². The van der Waals surface area contributed by atoms with E-state index in [2.05, 4.69) is 18.8 Å². The largest absolute Gasteiger partial charge is 0.327 e. The number of nitrogens with two attached hydrogens (primary N) is 1. The van der Waals surface area contributed by atoms with E-state index in [-0.39, 0.29) is 18.5 Å². The first-order chi connectivity index (χ1) is 8.48. The fourth-order valence-corrected chi connectivity index (χ4v) is 2.70. The Morgan fingerprint density at radius 3 is 2.67 bits per heavy atom. The van der Waals surface area contributed by atoms with Crippen LogP contribution in [0.4, 0.5) is 4.79 Å². The number of imide groups is 1. The van der Waals surface area contributed by atoms with E-state index in [4.69, 9.17) is 5.73 Å². The molecule has 1 saturated carbocycles. The molecule has 0 atom stereocenters. The van der Waals surface area contributed by atoms with Crippen molar-refractivity contribution < 1.29 is 9.59 Å². The molecule has 0 aromatic rings. The average Bonchev–Trinajstić information content (AvgIpc) is 2.58. The standard InChI is InChI=1S/C13H21N3O2/c1-9-3-5-13(6-4-9)11(17)16(12(18)15-13)8-10(2)7-14/h9H,2-8,14H2,1H3,(H,15,18). The predicted octanol–water partition coefficient (Wildman–Crippen LogP) is 1.00. The summed E-state index contributed by atoms with van der Waals surface area (Å²) >= 11 is 0. The van der Waals surface area contributed by atoms with Gasteiger partial charge >= 0.3 is 6.03 Å². The second-order valence-electron chi connectivity index (χ2n) is 5.54. The molecule has 2 rings (SSSR count). The molecule has 100 valence electrons. The minimum absolute atomic E-state index is 0.103. The number of amides is 3. The van der Waals surface area contributed by atoms with Crippen molar-refractivity contribution in [2.75, 3.05) is 13.1 Å². The molecular weight excluding hydrogens is 230 g/mol. The highest BCUT2D eigenvalue weighted by molar-refractivity contribution is 6.07. The number of carbonyl (C=O) groups is 2. The van der Waals surface area contributed by atoms with Crippen molar-refractivity contribution >= 4 is 11.9 Å². The first kappa shape index (κ1) is 13.1. The van der Waals surface area contributed by atoms with Crippen molar-refractivity contribution in [3.8, 4) is 0 Å². The number of urea groups is 1. The maximum absolute atomic E-state index is 12.4. The van der Waals surface area contributed by atoms with Crippen molar-refractivity contribution in [2.24, 2.45) is 11.7 Å². The fourth-order valence-electron chi connectivity index (χ4n) is 2.70. The van der Waals surface area contributed by atoms with Gasteiger partial charge < -0.3 is 11.1 Å². The molecule has 3 N–H and O–H groups in total. The van der Waals surface area contributed by atoms with Gasteiger partial charge in [0.15, 0.2) is 0 Å².